The molecule has 0 aromatic heterocycles. The van der Waals surface area contributed by atoms with E-state index < -0.39 is 0 Å². The van der Waals surface area contributed by atoms with Crippen LogP contribution in [0.15, 0.2) is 11.6 Å². The minimum atomic E-state index is 0. The monoisotopic (exact) mass is 392 g/mol. The highest BCUT2D eigenvalue weighted by Crippen LogP contribution is 2.56. The zero-order chi connectivity index (χ0) is 19.2. The lowest BCUT2D eigenvalue weighted by atomic mass is 9.55. The van der Waals surface area contributed by atoms with Crippen molar-refractivity contribution in [2.45, 2.75) is 140 Å². The van der Waals surface area contributed by atoms with E-state index in [4.69, 9.17) is 0 Å². The van der Waals surface area contributed by atoms with Gasteiger partial charge in [0.1, 0.15) is 0 Å². The summed E-state index contributed by atoms with van der Waals surface area (Å²) in [6.45, 7) is 14.2. The molecule has 0 aliphatic heterocycles. The highest BCUT2D eigenvalue weighted by atomic mass is 14.5. The van der Waals surface area contributed by atoms with Crippen LogP contribution in [0.5, 0.6) is 0 Å². The minimum Gasteiger partial charge on any atom is -0.0853 e. The first-order chi connectivity index (χ1) is 12.2. The van der Waals surface area contributed by atoms with E-state index >= 15 is 0 Å². The summed E-state index contributed by atoms with van der Waals surface area (Å²) in [4.78, 5) is 0. The van der Waals surface area contributed by atoms with Crippen molar-refractivity contribution in [1.29, 1.82) is 0 Å². The molecule has 2 bridgehead atoms. The smallest absolute Gasteiger partial charge is 0.0320 e. The Morgan fingerprint density at radius 3 is 1.25 bits per heavy atom. The summed E-state index contributed by atoms with van der Waals surface area (Å²) in [5, 5.41) is 0. The van der Waals surface area contributed by atoms with Gasteiger partial charge in [0.25, 0.3) is 0 Å². The van der Waals surface area contributed by atoms with Gasteiger partial charge in [-0.3, -0.25) is 0 Å². The van der Waals surface area contributed by atoms with Crippen LogP contribution in [0.2, 0.25) is 0 Å². The molecule has 168 valence electrons. The third-order valence-corrected chi connectivity index (χ3v) is 8.20. The molecule has 0 nitrogen and oxygen atoms in total. The number of fused-ring (bicyclic) bond motifs is 3. The molecule has 28 heavy (non-hydrogen) atoms. The molecule has 0 aromatic carbocycles. The number of allylic oxidation sites excluding steroid dienone is 2. The second-order valence-electron chi connectivity index (χ2n) is 11.4. The summed E-state index contributed by atoms with van der Waals surface area (Å²) in [7, 11) is 0. The molecule has 0 aromatic rings. The van der Waals surface area contributed by atoms with Crippen LogP contribution in [0.1, 0.15) is 140 Å². The molecule has 4 saturated carbocycles. The van der Waals surface area contributed by atoms with Gasteiger partial charge in [0.15, 0.2) is 0 Å². The van der Waals surface area contributed by atoms with Crippen molar-refractivity contribution in [3.05, 3.63) is 11.6 Å². The molecule has 4 fully saturated rings. The van der Waals surface area contributed by atoms with E-state index in [1.807, 2.05) is 0 Å². The van der Waals surface area contributed by atoms with Crippen molar-refractivity contribution < 1.29 is 0 Å². The Morgan fingerprint density at radius 2 is 1.00 bits per heavy atom. The fourth-order valence-corrected chi connectivity index (χ4v) is 5.08. The Balaban J connectivity index is 0.000000381. The molecule has 0 heterocycles. The topological polar surface area (TPSA) is 0 Å². The third-order valence-electron chi connectivity index (χ3n) is 8.20. The summed E-state index contributed by atoms with van der Waals surface area (Å²) in [5.74, 6) is 2.98. The van der Waals surface area contributed by atoms with Crippen molar-refractivity contribution in [3.8, 4) is 0 Å². The predicted octanol–water partition coefficient (Wildman–Crippen LogP) is 10.2. The molecule has 5 rings (SSSR count). The van der Waals surface area contributed by atoms with Gasteiger partial charge in [0.05, 0.1) is 0 Å². The standard InChI is InChI=1S/C10H18.C8H16.C8H14.2CH4/c1-9-3-6-10(2,7-4-9)8-5-9;2*1-7-3-5-8(2)6-4-7;;/h3-8H2,1-2H3;7-8H,3-6H2,1-2H3;3,8H,4-6H2,1-2H3;2*1H4. The average molecular weight is 393 g/mol. The van der Waals surface area contributed by atoms with Crippen molar-refractivity contribution in [1.82, 2.24) is 0 Å². The van der Waals surface area contributed by atoms with Crippen molar-refractivity contribution in [2.24, 2.45) is 28.6 Å². The summed E-state index contributed by atoms with van der Waals surface area (Å²) >= 11 is 0. The highest BCUT2D eigenvalue weighted by Gasteiger charge is 2.42. The van der Waals surface area contributed by atoms with E-state index in [1.165, 1.54) is 83.5 Å². The summed E-state index contributed by atoms with van der Waals surface area (Å²) in [6, 6.07) is 0. The second-order valence-corrected chi connectivity index (χ2v) is 11.4. The van der Waals surface area contributed by atoms with Crippen LogP contribution in [0, 0.1) is 28.6 Å². The van der Waals surface area contributed by atoms with E-state index in [-0.39, 0.29) is 14.9 Å². The van der Waals surface area contributed by atoms with E-state index in [9.17, 15) is 0 Å². The number of hydrogen-bond donors (Lipinski definition) is 0. The molecule has 0 spiro atoms. The Hall–Kier alpha value is -0.260. The molecule has 5 aliphatic rings. The van der Waals surface area contributed by atoms with Crippen molar-refractivity contribution in [2.75, 3.05) is 0 Å². The molecular formula is C28H56. The highest BCUT2D eigenvalue weighted by molar-refractivity contribution is 5.02. The van der Waals surface area contributed by atoms with Gasteiger partial charge >= 0.3 is 0 Å². The van der Waals surface area contributed by atoms with Crippen LogP contribution >= 0.6 is 0 Å². The van der Waals surface area contributed by atoms with Crippen LogP contribution in [0.25, 0.3) is 0 Å². The minimum absolute atomic E-state index is 0. The molecule has 1 atom stereocenters. The van der Waals surface area contributed by atoms with Gasteiger partial charge in [-0.1, -0.05) is 86.8 Å². The van der Waals surface area contributed by atoms with E-state index in [1.54, 1.807) is 5.57 Å². The van der Waals surface area contributed by atoms with Gasteiger partial charge in [-0.25, -0.2) is 0 Å². The van der Waals surface area contributed by atoms with Gasteiger partial charge in [-0.15, -0.1) is 0 Å². The molecule has 0 radical (unpaired) electrons. The van der Waals surface area contributed by atoms with E-state index in [0.29, 0.717) is 0 Å². The molecule has 1 unspecified atom stereocenters. The zero-order valence-electron chi connectivity index (χ0n) is 19.0. The van der Waals surface area contributed by atoms with E-state index in [2.05, 4.69) is 47.6 Å². The molecule has 0 N–H and O–H groups in total. The van der Waals surface area contributed by atoms with Crippen LogP contribution < -0.4 is 0 Å². The van der Waals surface area contributed by atoms with Crippen molar-refractivity contribution in [3.63, 3.8) is 0 Å². The van der Waals surface area contributed by atoms with Crippen LogP contribution in [0.3, 0.4) is 0 Å². The first kappa shape index (κ1) is 27.7. The Bertz CT molecular complexity index is 382. The average Bonchev–Trinajstić information content (AvgIpc) is 2.63. The Kier molecular flexibility index (Phi) is 12.3. The molecule has 0 heteroatoms. The first-order valence-corrected chi connectivity index (χ1v) is 11.9. The normalized spacial score (nSPS) is 38.9. The predicted molar refractivity (Wildman–Crippen MR) is 131 cm³/mol. The lowest BCUT2D eigenvalue weighted by molar-refractivity contribution is 0.0164. The summed E-state index contributed by atoms with van der Waals surface area (Å²) in [5.41, 5.74) is 3.11. The van der Waals surface area contributed by atoms with Gasteiger partial charge in [0, 0.05) is 0 Å². The zero-order valence-corrected chi connectivity index (χ0v) is 19.0. The van der Waals surface area contributed by atoms with Crippen LogP contribution in [0.4, 0.5) is 0 Å². The lowest BCUT2D eigenvalue weighted by Crippen LogP contribution is -2.37. The maximum atomic E-state index is 2.48. The Morgan fingerprint density at radius 1 is 0.643 bits per heavy atom. The SMILES string of the molecule is C.C.CC12CCC(C)(CC1)CC2.CC1=CCC(C)CC1.CC1CCC(C)CC1. The van der Waals surface area contributed by atoms with Crippen LogP contribution in [-0.4, -0.2) is 0 Å². The maximum absolute atomic E-state index is 2.48. The molecular weight excluding hydrogens is 336 g/mol. The first-order valence-electron chi connectivity index (χ1n) is 11.9. The van der Waals surface area contributed by atoms with Gasteiger partial charge in [-0.05, 0) is 93.3 Å². The quantitative estimate of drug-likeness (QED) is 0.359. The molecule has 0 amide bonds. The fourth-order valence-electron chi connectivity index (χ4n) is 5.08. The summed E-state index contributed by atoms with van der Waals surface area (Å²) < 4.78 is 0. The lowest BCUT2D eigenvalue weighted by Gasteiger charge is -2.50. The second kappa shape index (κ2) is 12.4. The van der Waals surface area contributed by atoms with Gasteiger partial charge in [-0.2, -0.15) is 0 Å². The number of rotatable bonds is 0. The summed E-state index contributed by atoms with van der Waals surface area (Å²) in [6.07, 6.45) is 21.3. The third kappa shape index (κ3) is 9.49. The van der Waals surface area contributed by atoms with Crippen LogP contribution in [-0.2, 0) is 0 Å². The van der Waals surface area contributed by atoms with Crippen molar-refractivity contribution >= 4 is 0 Å². The van der Waals surface area contributed by atoms with Gasteiger partial charge < -0.3 is 0 Å². The molecule has 0 saturated heterocycles. The number of hydrogen-bond acceptors (Lipinski definition) is 0. The maximum Gasteiger partial charge on any atom is -0.0320 e. The fraction of sp³-hybridized carbons (Fsp3) is 0.929. The Labute approximate surface area is 180 Å². The van der Waals surface area contributed by atoms with E-state index in [0.717, 1.165) is 28.6 Å². The molecule has 5 aliphatic carbocycles. The van der Waals surface area contributed by atoms with Gasteiger partial charge in [0.2, 0.25) is 0 Å². The largest absolute Gasteiger partial charge is 0.0853 e.